The Kier molecular flexibility index (Phi) is 3.96. The van der Waals surface area contributed by atoms with Crippen LogP contribution in [-0.4, -0.2) is 18.2 Å². The van der Waals surface area contributed by atoms with Gasteiger partial charge in [0, 0.05) is 24.7 Å². The fraction of sp³-hybridized carbons (Fsp3) is 0.500. The number of fused-ring (bicyclic) bond motifs is 1. The number of benzene rings is 1. The van der Waals surface area contributed by atoms with Gasteiger partial charge >= 0.3 is 0 Å². The van der Waals surface area contributed by atoms with Crippen molar-refractivity contribution in [2.45, 2.75) is 39.7 Å². The summed E-state index contributed by atoms with van der Waals surface area (Å²) in [5, 5.41) is 10.5. The first-order valence-corrected chi connectivity index (χ1v) is 7.97. The van der Waals surface area contributed by atoms with Crippen molar-refractivity contribution in [2.75, 3.05) is 18.0 Å². The highest BCUT2D eigenvalue weighted by Gasteiger charge is 2.20. The molecular weight excluding hydrogens is 278 g/mol. The molecule has 1 aliphatic heterocycles. The van der Waals surface area contributed by atoms with Crippen molar-refractivity contribution in [3.8, 4) is 0 Å². The molecule has 1 fully saturated rings. The molecule has 1 atom stereocenters. The highest BCUT2D eigenvalue weighted by molar-refractivity contribution is 5.82. The Morgan fingerprint density at radius 3 is 2.59 bits per heavy atom. The zero-order chi connectivity index (χ0) is 15.9. The lowest BCUT2D eigenvalue weighted by atomic mass is 9.99. The van der Waals surface area contributed by atoms with E-state index in [9.17, 15) is 9.90 Å². The molecule has 1 N–H and O–H groups in total. The van der Waals surface area contributed by atoms with Crippen molar-refractivity contribution >= 4 is 16.9 Å². The van der Waals surface area contributed by atoms with Gasteiger partial charge < -0.3 is 14.4 Å². The van der Waals surface area contributed by atoms with Crippen LogP contribution in [0.5, 0.6) is 0 Å². The van der Waals surface area contributed by atoms with E-state index in [1.165, 1.54) is 0 Å². The third-order valence-electron chi connectivity index (χ3n) is 4.53. The van der Waals surface area contributed by atoms with Crippen LogP contribution in [-0.2, 0) is 0 Å². The maximum absolute atomic E-state index is 12.5. The second-order valence-electron chi connectivity index (χ2n) is 6.53. The lowest BCUT2D eigenvalue weighted by Crippen LogP contribution is -2.33. The third-order valence-corrected chi connectivity index (χ3v) is 4.53. The molecule has 1 aliphatic rings. The lowest BCUT2D eigenvalue weighted by Gasteiger charge is -2.30. The highest BCUT2D eigenvalue weighted by Crippen LogP contribution is 2.29. The molecule has 0 aliphatic carbocycles. The normalized spacial score (nSPS) is 17.9. The smallest absolute Gasteiger partial charge is 0.200 e. The van der Waals surface area contributed by atoms with Crippen LogP contribution in [0.2, 0.25) is 0 Å². The minimum atomic E-state index is -0.665. The summed E-state index contributed by atoms with van der Waals surface area (Å²) in [6.45, 7) is 7.69. The van der Waals surface area contributed by atoms with Crippen molar-refractivity contribution in [1.29, 1.82) is 0 Å². The van der Waals surface area contributed by atoms with E-state index in [0.717, 1.165) is 37.4 Å². The van der Waals surface area contributed by atoms with Gasteiger partial charge in [-0.2, -0.15) is 0 Å². The van der Waals surface area contributed by atoms with Gasteiger partial charge in [0.25, 0.3) is 0 Å². The van der Waals surface area contributed by atoms with E-state index < -0.39 is 6.10 Å². The zero-order valence-corrected chi connectivity index (χ0v) is 13.4. The van der Waals surface area contributed by atoms with Gasteiger partial charge in [-0.1, -0.05) is 6.92 Å². The summed E-state index contributed by atoms with van der Waals surface area (Å²) in [5.41, 5.74) is 2.11. The predicted octanol–water partition coefficient (Wildman–Crippen LogP) is 3.39. The Hall–Kier alpha value is -1.81. The van der Waals surface area contributed by atoms with Gasteiger partial charge in [0.2, 0.25) is 0 Å². The highest BCUT2D eigenvalue weighted by atomic mass is 16.4. The Balaban J connectivity index is 2.13. The quantitative estimate of drug-likeness (QED) is 0.924. The van der Waals surface area contributed by atoms with Gasteiger partial charge in [-0.3, -0.25) is 4.79 Å². The van der Waals surface area contributed by atoms with Crippen LogP contribution in [0.25, 0.3) is 11.0 Å². The minimum Gasteiger partial charge on any atom is -0.440 e. The standard InChI is InChI=1S/C18H23NO3/c1-11-4-6-19(7-5-11)17-10-16(21)15-9-12(2)8-14(13(3)20)18(15)22-17/h8-11,13,20H,4-7H2,1-3H3. The largest absolute Gasteiger partial charge is 0.440 e. The summed E-state index contributed by atoms with van der Waals surface area (Å²) >= 11 is 0. The predicted molar refractivity (Wildman–Crippen MR) is 88.5 cm³/mol. The van der Waals surface area contributed by atoms with Crippen molar-refractivity contribution in [3.63, 3.8) is 0 Å². The van der Waals surface area contributed by atoms with Crippen LogP contribution in [0.4, 0.5) is 5.88 Å². The number of anilines is 1. The van der Waals surface area contributed by atoms with Gasteiger partial charge in [-0.25, -0.2) is 0 Å². The van der Waals surface area contributed by atoms with E-state index in [0.29, 0.717) is 22.4 Å². The number of hydrogen-bond acceptors (Lipinski definition) is 4. The van der Waals surface area contributed by atoms with Crippen LogP contribution >= 0.6 is 0 Å². The van der Waals surface area contributed by atoms with Crippen LogP contribution in [0.15, 0.2) is 27.4 Å². The average Bonchev–Trinajstić information content (AvgIpc) is 2.47. The summed E-state index contributed by atoms with van der Waals surface area (Å²) in [6, 6.07) is 5.30. The molecule has 0 radical (unpaired) electrons. The van der Waals surface area contributed by atoms with E-state index in [1.54, 1.807) is 13.0 Å². The first-order chi connectivity index (χ1) is 10.5. The zero-order valence-electron chi connectivity index (χ0n) is 13.4. The molecule has 1 saturated heterocycles. The van der Waals surface area contributed by atoms with Crippen molar-refractivity contribution in [3.05, 3.63) is 39.5 Å². The molecular formula is C18H23NO3. The molecule has 2 heterocycles. The second-order valence-corrected chi connectivity index (χ2v) is 6.53. The minimum absolute atomic E-state index is 0.0412. The number of rotatable bonds is 2. The van der Waals surface area contributed by atoms with E-state index >= 15 is 0 Å². The number of piperidine rings is 1. The average molecular weight is 301 g/mol. The van der Waals surface area contributed by atoms with E-state index in [4.69, 9.17) is 4.42 Å². The maximum atomic E-state index is 12.5. The van der Waals surface area contributed by atoms with Gasteiger partial charge in [-0.15, -0.1) is 0 Å². The summed E-state index contributed by atoms with van der Waals surface area (Å²) < 4.78 is 6.03. The number of aliphatic hydroxyl groups is 1. The summed E-state index contributed by atoms with van der Waals surface area (Å²) in [7, 11) is 0. The van der Waals surface area contributed by atoms with Crippen LogP contribution in [0.3, 0.4) is 0 Å². The van der Waals surface area contributed by atoms with Gasteiger partial charge in [0.05, 0.1) is 11.5 Å². The molecule has 0 saturated carbocycles. The number of nitrogens with zero attached hydrogens (tertiary/aromatic N) is 1. The Bertz CT molecular complexity index is 740. The Morgan fingerprint density at radius 2 is 1.95 bits per heavy atom. The number of aliphatic hydroxyl groups excluding tert-OH is 1. The van der Waals surface area contributed by atoms with Gasteiger partial charge in [0.1, 0.15) is 5.58 Å². The van der Waals surface area contributed by atoms with E-state index in [1.807, 2.05) is 19.1 Å². The van der Waals surface area contributed by atoms with Gasteiger partial charge in [-0.05, 0) is 50.3 Å². The molecule has 2 aromatic rings. The van der Waals surface area contributed by atoms with Crippen molar-refractivity contribution in [2.24, 2.45) is 5.92 Å². The topological polar surface area (TPSA) is 53.7 Å². The molecule has 0 bridgehead atoms. The first kappa shape index (κ1) is 15.1. The van der Waals surface area contributed by atoms with Crippen molar-refractivity contribution < 1.29 is 9.52 Å². The maximum Gasteiger partial charge on any atom is 0.200 e. The third kappa shape index (κ3) is 2.75. The van der Waals surface area contributed by atoms with Gasteiger partial charge in [0.15, 0.2) is 11.3 Å². The summed E-state index contributed by atoms with van der Waals surface area (Å²) in [4.78, 5) is 14.6. The monoisotopic (exact) mass is 301 g/mol. The van der Waals surface area contributed by atoms with E-state index in [2.05, 4.69) is 11.8 Å². The molecule has 0 amide bonds. The van der Waals surface area contributed by atoms with Crippen LogP contribution in [0, 0.1) is 12.8 Å². The summed E-state index contributed by atoms with van der Waals surface area (Å²) in [6.07, 6.45) is 1.56. The Labute approximate surface area is 130 Å². The van der Waals surface area contributed by atoms with E-state index in [-0.39, 0.29) is 5.43 Å². The molecule has 3 rings (SSSR count). The van der Waals surface area contributed by atoms with Crippen LogP contribution in [0.1, 0.15) is 43.9 Å². The fourth-order valence-electron chi connectivity index (χ4n) is 3.12. The fourth-order valence-corrected chi connectivity index (χ4v) is 3.12. The SMILES string of the molecule is Cc1cc(C(C)O)c2oc(N3CCC(C)CC3)cc(=O)c2c1. The molecule has 4 heteroatoms. The molecule has 1 aromatic carbocycles. The Morgan fingerprint density at radius 1 is 1.27 bits per heavy atom. The number of aryl methyl sites for hydroxylation is 1. The molecule has 0 spiro atoms. The molecule has 4 nitrogen and oxygen atoms in total. The summed E-state index contributed by atoms with van der Waals surface area (Å²) in [5.74, 6) is 1.34. The molecule has 1 unspecified atom stereocenters. The van der Waals surface area contributed by atoms with Crippen molar-refractivity contribution in [1.82, 2.24) is 0 Å². The second kappa shape index (κ2) is 5.76. The number of hydrogen-bond donors (Lipinski definition) is 1. The molecule has 1 aromatic heterocycles. The lowest BCUT2D eigenvalue weighted by molar-refractivity contribution is 0.199. The van der Waals surface area contributed by atoms with Crippen LogP contribution < -0.4 is 10.3 Å². The molecule has 118 valence electrons. The first-order valence-electron chi connectivity index (χ1n) is 7.97. The molecule has 22 heavy (non-hydrogen) atoms.